The molecule has 0 spiro atoms. The zero-order valence-corrected chi connectivity index (χ0v) is 13.7. The summed E-state index contributed by atoms with van der Waals surface area (Å²) >= 11 is 1.55. The van der Waals surface area contributed by atoms with Crippen molar-refractivity contribution in [3.8, 4) is 0 Å². The van der Waals surface area contributed by atoms with Crippen LogP contribution >= 0.6 is 11.3 Å². The summed E-state index contributed by atoms with van der Waals surface area (Å²) in [6.45, 7) is 2.48. The maximum Gasteiger partial charge on any atom is 0.322 e. The van der Waals surface area contributed by atoms with Gasteiger partial charge in [-0.15, -0.1) is 11.3 Å². The second kappa shape index (κ2) is 5.61. The standard InChI is InChI=1S/C14H20N2O3S2/c1-10-7-20-8-12(10)15-14(17)16-5-2-6-21(18,19)9-13(16)11-3-4-11/h7-8,11,13H,2-6,9H2,1H3,(H,15,17). The molecule has 1 unspecified atom stereocenters. The Morgan fingerprint density at radius 3 is 2.76 bits per heavy atom. The number of nitrogens with zero attached hydrogens (tertiary/aromatic N) is 1. The topological polar surface area (TPSA) is 66.5 Å². The summed E-state index contributed by atoms with van der Waals surface area (Å²) in [5.74, 6) is 0.665. The van der Waals surface area contributed by atoms with Gasteiger partial charge in [0.25, 0.3) is 0 Å². The third-order valence-corrected chi connectivity index (χ3v) is 6.83. The molecule has 0 aromatic carbocycles. The molecule has 2 amide bonds. The predicted octanol–water partition coefficient (Wildman–Crippen LogP) is 2.49. The Morgan fingerprint density at radius 1 is 1.38 bits per heavy atom. The van der Waals surface area contributed by atoms with Crippen LogP contribution in [0.15, 0.2) is 10.8 Å². The summed E-state index contributed by atoms with van der Waals surface area (Å²) in [4.78, 5) is 14.3. The highest BCUT2D eigenvalue weighted by Crippen LogP contribution is 2.37. The number of hydrogen-bond acceptors (Lipinski definition) is 4. The molecule has 1 aromatic heterocycles. The molecule has 5 nitrogen and oxygen atoms in total. The van der Waals surface area contributed by atoms with Gasteiger partial charge in [0, 0.05) is 11.9 Å². The quantitative estimate of drug-likeness (QED) is 0.907. The molecule has 0 radical (unpaired) electrons. The highest BCUT2D eigenvalue weighted by atomic mass is 32.2. The van der Waals surface area contributed by atoms with Crippen LogP contribution in [0.5, 0.6) is 0 Å². The summed E-state index contributed by atoms with van der Waals surface area (Å²) in [5.41, 5.74) is 1.87. The van der Waals surface area contributed by atoms with Gasteiger partial charge in [0.2, 0.25) is 0 Å². The summed E-state index contributed by atoms with van der Waals surface area (Å²) in [6.07, 6.45) is 2.59. The van der Waals surface area contributed by atoms with Crippen LogP contribution in [0.4, 0.5) is 10.5 Å². The Balaban J connectivity index is 1.78. The largest absolute Gasteiger partial charge is 0.322 e. The van der Waals surface area contributed by atoms with Crippen LogP contribution in [0, 0.1) is 12.8 Å². The van der Waals surface area contributed by atoms with Gasteiger partial charge in [-0.2, -0.15) is 0 Å². The summed E-state index contributed by atoms with van der Waals surface area (Å²) in [5, 5.41) is 6.83. The van der Waals surface area contributed by atoms with Crippen molar-refractivity contribution >= 4 is 32.9 Å². The van der Waals surface area contributed by atoms with Gasteiger partial charge in [0.15, 0.2) is 9.84 Å². The van der Waals surface area contributed by atoms with E-state index in [1.54, 1.807) is 16.2 Å². The minimum absolute atomic E-state index is 0.119. The maximum atomic E-state index is 12.5. The number of amides is 2. The summed E-state index contributed by atoms with van der Waals surface area (Å²) in [6, 6.07) is -0.318. The number of carbonyl (C=O) groups is 1. The van der Waals surface area contributed by atoms with Gasteiger partial charge in [-0.05, 0) is 43.0 Å². The lowest BCUT2D eigenvalue weighted by atomic mass is 10.2. The van der Waals surface area contributed by atoms with E-state index < -0.39 is 9.84 Å². The van der Waals surface area contributed by atoms with Gasteiger partial charge in [-0.25, -0.2) is 13.2 Å². The first kappa shape index (κ1) is 14.8. The predicted molar refractivity (Wildman–Crippen MR) is 84.6 cm³/mol. The first-order chi connectivity index (χ1) is 9.96. The lowest BCUT2D eigenvalue weighted by Gasteiger charge is -2.29. The summed E-state index contributed by atoms with van der Waals surface area (Å²) < 4.78 is 24.0. The average molecular weight is 328 g/mol. The fourth-order valence-corrected chi connectivity index (χ4v) is 5.34. The molecule has 1 atom stereocenters. The van der Waals surface area contributed by atoms with Crippen molar-refractivity contribution in [1.29, 1.82) is 0 Å². The second-order valence-electron chi connectivity index (χ2n) is 5.96. The highest BCUT2D eigenvalue weighted by Gasteiger charge is 2.41. The van der Waals surface area contributed by atoms with Gasteiger partial charge in [-0.3, -0.25) is 0 Å². The zero-order valence-electron chi connectivity index (χ0n) is 12.0. The van der Waals surface area contributed by atoms with E-state index in [1.807, 2.05) is 17.7 Å². The number of sulfone groups is 1. The first-order valence-corrected chi connectivity index (χ1v) is 10.0. The van der Waals surface area contributed by atoms with Crippen molar-refractivity contribution in [3.63, 3.8) is 0 Å². The van der Waals surface area contributed by atoms with Crippen molar-refractivity contribution in [1.82, 2.24) is 4.90 Å². The number of aryl methyl sites for hydroxylation is 1. The van der Waals surface area contributed by atoms with Crippen LogP contribution in [-0.4, -0.2) is 43.4 Å². The number of carbonyl (C=O) groups excluding carboxylic acids is 1. The number of hydrogen-bond donors (Lipinski definition) is 1. The SMILES string of the molecule is Cc1cscc1NC(=O)N1CCCS(=O)(=O)CC1C1CC1. The molecule has 1 N–H and O–H groups in total. The monoisotopic (exact) mass is 328 g/mol. The van der Waals surface area contributed by atoms with E-state index in [0.717, 1.165) is 24.1 Å². The molecule has 1 aliphatic carbocycles. The van der Waals surface area contributed by atoms with Crippen molar-refractivity contribution in [2.75, 3.05) is 23.4 Å². The van der Waals surface area contributed by atoms with Crippen LogP contribution in [0.25, 0.3) is 0 Å². The van der Waals surface area contributed by atoms with Gasteiger partial charge in [0.1, 0.15) is 0 Å². The zero-order chi connectivity index (χ0) is 15.0. The van der Waals surface area contributed by atoms with E-state index in [-0.39, 0.29) is 23.6 Å². The number of thiophene rings is 1. The van der Waals surface area contributed by atoms with E-state index in [4.69, 9.17) is 0 Å². The minimum atomic E-state index is -3.03. The average Bonchev–Trinajstić information content (AvgIpc) is 3.19. The molecule has 1 saturated carbocycles. The van der Waals surface area contributed by atoms with Crippen molar-refractivity contribution in [3.05, 3.63) is 16.3 Å². The maximum absolute atomic E-state index is 12.5. The molecule has 2 heterocycles. The highest BCUT2D eigenvalue weighted by molar-refractivity contribution is 7.91. The van der Waals surface area contributed by atoms with Crippen LogP contribution in [-0.2, 0) is 9.84 Å². The first-order valence-electron chi connectivity index (χ1n) is 7.27. The molecular weight excluding hydrogens is 308 g/mol. The number of anilines is 1. The Labute approximate surface area is 129 Å². The van der Waals surface area contributed by atoms with Gasteiger partial charge in [0.05, 0.1) is 23.2 Å². The number of rotatable bonds is 2. The molecule has 116 valence electrons. The number of urea groups is 1. The molecule has 3 rings (SSSR count). The smallest absolute Gasteiger partial charge is 0.320 e. The van der Waals surface area contributed by atoms with Crippen LogP contribution in [0.3, 0.4) is 0 Å². The van der Waals surface area contributed by atoms with E-state index in [2.05, 4.69) is 5.32 Å². The Morgan fingerprint density at radius 2 is 2.14 bits per heavy atom. The van der Waals surface area contributed by atoms with Crippen molar-refractivity contribution in [2.24, 2.45) is 5.92 Å². The minimum Gasteiger partial charge on any atom is -0.320 e. The number of nitrogens with one attached hydrogen (secondary N) is 1. The Hall–Kier alpha value is -1.08. The van der Waals surface area contributed by atoms with Gasteiger partial charge >= 0.3 is 6.03 Å². The van der Waals surface area contributed by atoms with E-state index in [1.165, 1.54) is 0 Å². The third kappa shape index (κ3) is 3.40. The fourth-order valence-electron chi connectivity index (χ4n) is 2.85. The third-order valence-electron chi connectivity index (χ3n) is 4.20. The summed E-state index contributed by atoms with van der Waals surface area (Å²) in [7, 11) is -3.03. The molecular formula is C14H20N2O3S2. The van der Waals surface area contributed by atoms with E-state index in [9.17, 15) is 13.2 Å². The molecule has 2 fully saturated rings. The van der Waals surface area contributed by atoms with Crippen LogP contribution in [0.2, 0.25) is 0 Å². The van der Waals surface area contributed by atoms with Crippen molar-refractivity contribution < 1.29 is 13.2 Å². The van der Waals surface area contributed by atoms with Gasteiger partial charge < -0.3 is 10.2 Å². The van der Waals surface area contributed by atoms with E-state index >= 15 is 0 Å². The Kier molecular flexibility index (Phi) is 3.96. The fraction of sp³-hybridized carbons (Fsp3) is 0.643. The molecule has 1 aliphatic heterocycles. The molecule has 7 heteroatoms. The van der Waals surface area contributed by atoms with Gasteiger partial charge in [-0.1, -0.05) is 0 Å². The molecule has 1 aromatic rings. The molecule has 2 aliphatic rings. The Bertz CT molecular complexity index is 634. The second-order valence-corrected chi connectivity index (χ2v) is 8.94. The molecule has 21 heavy (non-hydrogen) atoms. The van der Waals surface area contributed by atoms with Crippen molar-refractivity contribution in [2.45, 2.75) is 32.2 Å². The van der Waals surface area contributed by atoms with Crippen LogP contribution in [0.1, 0.15) is 24.8 Å². The lowest BCUT2D eigenvalue weighted by molar-refractivity contribution is 0.188. The lowest BCUT2D eigenvalue weighted by Crippen LogP contribution is -2.46. The van der Waals surface area contributed by atoms with E-state index in [0.29, 0.717) is 18.9 Å². The molecule has 1 saturated heterocycles. The van der Waals surface area contributed by atoms with Crippen LogP contribution < -0.4 is 5.32 Å². The normalized spacial score (nSPS) is 25.4. The molecule has 0 bridgehead atoms.